The fraction of sp³-hybridized carbons (Fsp3) is 0.0244. The average molecular weight is 612 g/mol. The monoisotopic (exact) mass is 611 g/mol. The second-order valence-electron chi connectivity index (χ2n) is 11.4. The van der Waals surface area contributed by atoms with Crippen molar-refractivity contribution in [2.24, 2.45) is 0 Å². The van der Waals surface area contributed by atoms with Gasteiger partial charge in [0, 0.05) is 34.4 Å². The summed E-state index contributed by atoms with van der Waals surface area (Å²) in [6, 6.07) is 41.1. The Morgan fingerprint density at radius 2 is 0.958 bits per heavy atom. The minimum Gasteiger partial charge on any atom is -0.309 e. The standard InChI is InChI=1S/C41H21N7/c1-25-10-35(24-46)38(30-6-8-47-9-7-30)19-39(25)48-40-17-31(33-13-26(20-42)11-27(14-33)21-43)2-4-36(40)37-5-3-32(18-41(37)48)34-15-28(22-44)12-29(16-34)23-45/h2-19H,1H3. The van der Waals surface area contributed by atoms with Crippen LogP contribution in [0.3, 0.4) is 0 Å². The van der Waals surface area contributed by atoms with Crippen LogP contribution in [0.25, 0.3) is 60.9 Å². The van der Waals surface area contributed by atoms with Crippen molar-refractivity contribution in [1.82, 2.24) is 9.55 Å². The number of pyridine rings is 1. The summed E-state index contributed by atoms with van der Waals surface area (Å²) >= 11 is 0. The SMILES string of the molecule is Cc1cc(C#N)c(-c2ccncc2)cc1-n1c2cc(-c3cc(C#N)cc(C#N)c3)ccc2c2ccc(-c3cc(C#N)cc(C#N)c3)cc21. The van der Waals surface area contributed by atoms with Gasteiger partial charge in [-0.2, -0.15) is 26.3 Å². The summed E-state index contributed by atoms with van der Waals surface area (Å²) in [6.07, 6.45) is 3.40. The Morgan fingerprint density at radius 1 is 0.479 bits per heavy atom. The Balaban J connectivity index is 1.57. The van der Waals surface area contributed by atoms with E-state index in [0.717, 1.165) is 66.4 Å². The highest BCUT2D eigenvalue weighted by molar-refractivity contribution is 6.11. The Morgan fingerprint density at radius 3 is 1.40 bits per heavy atom. The molecule has 0 amide bonds. The molecule has 0 unspecified atom stereocenters. The summed E-state index contributed by atoms with van der Waals surface area (Å²) in [5.41, 5.74) is 10.4. The molecule has 0 spiro atoms. The Hall–Kier alpha value is -7.50. The average Bonchev–Trinajstić information content (AvgIpc) is 3.47. The lowest BCUT2D eigenvalue weighted by Crippen LogP contribution is -2.00. The van der Waals surface area contributed by atoms with Crippen molar-refractivity contribution in [2.75, 3.05) is 0 Å². The molecule has 0 aliphatic rings. The summed E-state index contributed by atoms with van der Waals surface area (Å²) in [5.74, 6) is 0. The zero-order valence-corrected chi connectivity index (χ0v) is 25.5. The van der Waals surface area contributed by atoms with Gasteiger partial charge in [0.2, 0.25) is 0 Å². The zero-order valence-electron chi connectivity index (χ0n) is 25.5. The first kappa shape index (κ1) is 29.2. The van der Waals surface area contributed by atoms with Gasteiger partial charge in [-0.05, 0) is 113 Å². The summed E-state index contributed by atoms with van der Waals surface area (Å²) in [5, 5.41) is 50.6. The molecule has 7 nitrogen and oxygen atoms in total. The van der Waals surface area contributed by atoms with Crippen LogP contribution in [0.2, 0.25) is 0 Å². The molecule has 0 fully saturated rings. The summed E-state index contributed by atoms with van der Waals surface area (Å²) in [6.45, 7) is 1.98. The predicted molar refractivity (Wildman–Crippen MR) is 183 cm³/mol. The van der Waals surface area contributed by atoms with E-state index >= 15 is 0 Å². The highest BCUT2D eigenvalue weighted by Gasteiger charge is 2.19. The maximum Gasteiger partial charge on any atom is 0.0998 e. The van der Waals surface area contributed by atoms with Crippen LogP contribution in [0.1, 0.15) is 33.4 Å². The number of rotatable bonds is 4. The van der Waals surface area contributed by atoms with Crippen LogP contribution >= 0.6 is 0 Å². The number of fused-ring (bicyclic) bond motifs is 3. The molecular weight excluding hydrogens is 591 g/mol. The van der Waals surface area contributed by atoms with Gasteiger partial charge in [0.05, 0.1) is 69.2 Å². The second-order valence-corrected chi connectivity index (χ2v) is 11.4. The topological polar surface area (TPSA) is 137 Å². The zero-order chi connectivity index (χ0) is 33.4. The smallest absolute Gasteiger partial charge is 0.0998 e. The van der Waals surface area contributed by atoms with Crippen LogP contribution in [-0.2, 0) is 0 Å². The maximum atomic E-state index is 10.1. The van der Waals surface area contributed by atoms with E-state index in [-0.39, 0.29) is 0 Å². The molecule has 5 aromatic carbocycles. The van der Waals surface area contributed by atoms with E-state index in [1.54, 1.807) is 48.8 Å². The van der Waals surface area contributed by atoms with E-state index < -0.39 is 0 Å². The van der Waals surface area contributed by atoms with Gasteiger partial charge in [-0.1, -0.05) is 24.3 Å². The van der Waals surface area contributed by atoms with Gasteiger partial charge < -0.3 is 4.57 Å². The van der Waals surface area contributed by atoms with Crippen molar-refractivity contribution in [2.45, 2.75) is 6.92 Å². The first-order valence-electron chi connectivity index (χ1n) is 14.9. The van der Waals surface area contributed by atoms with Crippen LogP contribution in [0.5, 0.6) is 0 Å². The fourth-order valence-corrected chi connectivity index (χ4v) is 6.28. The van der Waals surface area contributed by atoms with Crippen molar-refractivity contribution in [1.29, 1.82) is 26.3 Å². The summed E-state index contributed by atoms with van der Waals surface area (Å²) in [4.78, 5) is 4.16. The molecule has 7 aromatic rings. The van der Waals surface area contributed by atoms with Gasteiger partial charge in [-0.3, -0.25) is 4.98 Å². The van der Waals surface area contributed by atoms with Gasteiger partial charge >= 0.3 is 0 Å². The first-order chi connectivity index (χ1) is 23.4. The number of aromatic nitrogens is 2. The van der Waals surface area contributed by atoms with E-state index in [2.05, 4.69) is 52.0 Å². The van der Waals surface area contributed by atoms with Gasteiger partial charge in [0.25, 0.3) is 0 Å². The predicted octanol–water partition coefficient (Wildman–Crippen LogP) is 8.85. The number of nitriles is 5. The van der Waals surface area contributed by atoms with Crippen LogP contribution < -0.4 is 0 Å². The van der Waals surface area contributed by atoms with Crippen molar-refractivity contribution in [3.8, 4) is 69.4 Å². The third-order valence-electron chi connectivity index (χ3n) is 8.51. The summed E-state index contributed by atoms with van der Waals surface area (Å²) < 4.78 is 2.16. The molecule has 0 aliphatic heterocycles. The molecule has 0 atom stereocenters. The molecule has 0 saturated carbocycles. The Kier molecular flexibility index (Phi) is 7.17. The minimum absolute atomic E-state index is 0.399. The molecule has 220 valence electrons. The van der Waals surface area contributed by atoms with Crippen molar-refractivity contribution in [3.05, 3.63) is 143 Å². The van der Waals surface area contributed by atoms with Gasteiger partial charge in [0.1, 0.15) is 0 Å². The highest BCUT2D eigenvalue weighted by Crippen LogP contribution is 2.39. The Bertz CT molecular complexity index is 2490. The minimum atomic E-state index is 0.399. The molecule has 2 aromatic heterocycles. The lowest BCUT2D eigenvalue weighted by Gasteiger charge is -2.16. The number of hydrogen-bond donors (Lipinski definition) is 0. The lowest BCUT2D eigenvalue weighted by atomic mass is 9.97. The van der Waals surface area contributed by atoms with Gasteiger partial charge in [-0.25, -0.2) is 0 Å². The molecule has 2 heterocycles. The molecule has 0 saturated heterocycles. The Labute approximate surface area is 276 Å². The number of nitrogens with zero attached hydrogens (tertiary/aromatic N) is 7. The molecule has 0 aliphatic carbocycles. The highest BCUT2D eigenvalue weighted by atomic mass is 15.0. The van der Waals surface area contributed by atoms with Crippen LogP contribution in [0, 0.1) is 63.6 Å². The quantitative estimate of drug-likeness (QED) is 0.195. The van der Waals surface area contributed by atoms with E-state index in [0.29, 0.717) is 27.8 Å². The molecule has 7 heteroatoms. The van der Waals surface area contributed by atoms with E-state index in [1.807, 2.05) is 55.5 Å². The molecular formula is C41H21N7. The van der Waals surface area contributed by atoms with Gasteiger partial charge in [0.15, 0.2) is 0 Å². The molecule has 48 heavy (non-hydrogen) atoms. The van der Waals surface area contributed by atoms with Crippen LogP contribution in [0.15, 0.2) is 109 Å². The third kappa shape index (κ3) is 4.96. The fourth-order valence-electron chi connectivity index (χ4n) is 6.28. The first-order valence-corrected chi connectivity index (χ1v) is 14.9. The normalized spacial score (nSPS) is 10.5. The number of benzene rings is 5. The van der Waals surface area contributed by atoms with Gasteiger partial charge in [-0.15, -0.1) is 0 Å². The molecule has 0 radical (unpaired) electrons. The molecule has 0 N–H and O–H groups in total. The second kappa shape index (κ2) is 11.8. The lowest BCUT2D eigenvalue weighted by molar-refractivity contribution is 1.15. The number of aryl methyl sites for hydroxylation is 1. The van der Waals surface area contributed by atoms with Crippen molar-refractivity contribution >= 4 is 21.8 Å². The van der Waals surface area contributed by atoms with Crippen LogP contribution in [-0.4, -0.2) is 9.55 Å². The largest absolute Gasteiger partial charge is 0.309 e. The number of hydrogen-bond acceptors (Lipinski definition) is 6. The molecule has 7 rings (SSSR count). The van der Waals surface area contributed by atoms with Crippen molar-refractivity contribution < 1.29 is 0 Å². The summed E-state index contributed by atoms with van der Waals surface area (Å²) in [7, 11) is 0. The van der Waals surface area contributed by atoms with Crippen molar-refractivity contribution in [3.63, 3.8) is 0 Å². The van der Waals surface area contributed by atoms with E-state index in [1.165, 1.54) is 0 Å². The maximum absolute atomic E-state index is 10.1. The van der Waals surface area contributed by atoms with Crippen LogP contribution in [0.4, 0.5) is 0 Å². The molecule has 0 bridgehead atoms. The third-order valence-corrected chi connectivity index (χ3v) is 8.51. The van der Waals surface area contributed by atoms with E-state index in [4.69, 9.17) is 0 Å². The van der Waals surface area contributed by atoms with E-state index in [9.17, 15) is 26.3 Å².